The SMILES string of the molecule is COc1ccc(C#CC(c2ccccc2O)N2CCCCC2)cc1. The molecule has 0 saturated carbocycles. The van der Waals surface area contributed by atoms with Crippen molar-refractivity contribution < 1.29 is 9.84 Å². The van der Waals surface area contributed by atoms with Gasteiger partial charge in [-0.15, -0.1) is 0 Å². The van der Waals surface area contributed by atoms with Gasteiger partial charge in [-0.2, -0.15) is 0 Å². The molecule has 1 N–H and O–H groups in total. The lowest BCUT2D eigenvalue weighted by Gasteiger charge is -2.32. The van der Waals surface area contributed by atoms with Crippen LogP contribution in [0.3, 0.4) is 0 Å². The van der Waals surface area contributed by atoms with Gasteiger partial charge in [-0.25, -0.2) is 0 Å². The van der Waals surface area contributed by atoms with Gasteiger partial charge in [0.05, 0.1) is 7.11 Å². The van der Waals surface area contributed by atoms with E-state index in [4.69, 9.17) is 4.74 Å². The van der Waals surface area contributed by atoms with Crippen LogP contribution in [0.25, 0.3) is 0 Å². The van der Waals surface area contributed by atoms with Gasteiger partial charge in [-0.3, -0.25) is 4.90 Å². The Labute approximate surface area is 143 Å². The number of para-hydroxylation sites is 1. The Hall–Kier alpha value is -2.44. The number of phenols is 1. The standard InChI is InChI=1S/C21H23NO2/c1-24-18-12-9-17(10-13-18)11-14-20(22-15-5-2-6-16-22)19-7-3-4-8-21(19)23/h3-4,7-10,12-13,20,23H,2,5-6,15-16H2,1H3. The molecule has 0 radical (unpaired) electrons. The summed E-state index contributed by atoms with van der Waals surface area (Å²) in [7, 11) is 1.66. The third-order valence-corrected chi connectivity index (χ3v) is 4.43. The first-order chi connectivity index (χ1) is 11.8. The number of benzene rings is 2. The number of nitrogens with zero attached hydrogens (tertiary/aromatic N) is 1. The molecule has 0 aliphatic carbocycles. The van der Waals surface area contributed by atoms with Crippen LogP contribution in [0.5, 0.6) is 11.5 Å². The molecule has 1 aliphatic heterocycles. The highest BCUT2D eigenvalue weighted by molar-refractivity contribution is 5.43. The molecule has 3 nitrogen and oxygen atoms in total. The van der Waals surface area contributed by atoms with Gasteiger partial charge in [0.1, 0.15) is 17.5 Å². The molecule has 0 amide bonds. The molecule has 0 spiro atoms. The smallest absolute Gasteiger partial charge is 0.121 e. The topological polar surface area (TPSA) is 32.7 Å². The number of rotatable bonds is 3. The minimum atomic E-state index is -0.0754. The maximum atomic E-state index is 10.3. The summed E-state index contributed by atoms with van der Waals surface area (Å²) < 4.78 is 5.19. The van der Waals surface area contributed by atoms with Crippen molar-refractivity contribution in [1.82, 2.24) is 4.90 Å². The largest absolute Gasteiger partial charge is 0.508 e. The summed E-state index contributed by atoms with van der Waals surface area (Å²) in [5, 5.41) is 10.3. The monoisotopic (exact) mass is 321 g/mol. The molecule has 0 aromatic heterocycles. The van der Waals surface area contributed by atoms with E-state index in [0.717, 1.165) is 30.0 Å². The zero-order valence-corrected chi connectivity index (χ0v) is 14.0. The van der Waals surface area contributed by atoms with Gasteiger partial charge in [-0.05, 0) is 56.3 Å². The first-order valence-corrected chi connectivity index (χ1v) is 8.45. The lowest BCUT2D eigenvalue weighted by molar-refractivity contribution is 0.195. The predicted molar refractivity (Wildman–Crippen MR) is 96.1 cm³/mol. The van der Waals surface area contributed by atoms with Gasteiger partial charge in [0.2, 0.25) is 0 Å². The Morgan fingerprint density at radius 2 is 1.71 bits per heavy atom. The fourth-order valence-electron chi connectivity index (χ4n) is 3.09. The molecule has 124 valence electrons. The van der Waals surface area contributed by atoms with E-state index in [0.29, 0.717) is 5.75 Å². The Kier molecular flexibility index (Phi) is 5.40. The quantitative estimate of drug-likeness (QED) is 0.868. The van der Waals surface area contributed by atoms with Crippen LogP contribution in [0, 0.1) is 11.8 Å². The molecular weight excluding hydrogens is 298 g/mol. The van der Waals surface area contributed by atoms with Crippen LogP contribution >= 0.6 is 0 Å². The molecule has 1 saturated heterocycles. The highest BCUT2D eigenvalue weighted by Gasteiger charge is 2.22. The average molecular weight is 321 g/mol. The van der Waals surface area contributed by atoms with E-state index in [-0.39, 0.29) is 6.04 Å². The number of methoxy groups -OCH3 is 1. The van der Waals surface area contributed by atoms with Crippen molar-refractivity contribution >= 4 is 0 Å². The molecule has 2 aromatic rings. The minimum absolute atomic E-state index is 0.0754. The van der Waals surface area contributed by atoms with Crippen molar-refractivity contribution in [2.45, 2.75) is 25.3 Å². The van der Waals surface area contributed by atoms with Crippen LogP contribution in [-0.2, 0) is 0 Å². The number of ether oxygens (including phenoxy) is 1. The van der Waals surface area contributed by atoms with Crippen LogP contribution < -0.4 is 4.74 Å². The van der Waals surface area contributed by atoms with Crippen LogP contribution in [0.15, 0.2) is 48.5 Å². The molecular formula is C21H23NO2. The summed E-state index contributed by atoms with van der Waals surface area (Å²) in [5.74, 6) is 7.78. The van der Waals surface area contributed by atoms with Gasteiger partial charge in [0.15, 0.2) is 0 Å². The summed E-state index contributed by atoms with van der Waals surface area (Å²) in [5.41, 5.74) is 1.84. The van der Waals surface area contributed by atoms with Crippen molar-refractivity contribution in [1.29, 1.82) is 0 Å². The van der Waals surface area contributed by atoms with Crippen molar-refractivity contribution in [3.63, 3.8) is 0 Å². The second-order valence-electron chi connectivity index (χ2n) is 6.06. The number of phenolic OH excluding ortho intramolecular Hbond substituents is 1. The highest BCUT2D eigenvalue weighted by Crippen LogP contribution is 2.30. The van der Waals surface area contributed by atoms with Crippen LogP contribution in [0.2, 0.25) is 0 Å². The maximum absolute atomic E-state index is 10.3. The van der Waals surface area contributed by atoms with E-state index >= 15 is 0 Å². The Morgan fingerprint density at radius 3 is 2.38 bits per heavy atom. The summed E-state index contributed by atoms with van der Waals surface area (Å²) in [6, 6.07) is 15.2. The second-order valence-corrected chi connectivity index (χ2v) is 6.06. The fourth-order valence-corrected chi connectivity index (χ4v) is 3.09. The molecule has 1 aliphatic rings. The van der Waals surface area contributed by atoms with Crippen molar-refractivity contribution in [2.24, 2.45) is 0 Å². The van der Waals surface area contributed by atoms with Gasteiger partial charge in [-0.1, -0.05) is 36.5 Å². The van der Waals surface area contributed by atoms with Crippen LogP contribution in [0.1, 0.15) is 36.4 Å². The van der Waals surface area contributed by atoms with Gasteiger partial charge < -0.3 is 9.84 Å². The van der Waals surface area contributed by atoms with Gasteiger partial charge in [0, 0.05) is 11.1 Å². The van der Waals surface area contributed by atoms with Crippen LogP contribution in [0.4, 0.5) is 0 Å². The number of piperidine rings is 1. The molecule has 1 heterocycles. The van der Waals surface area contributed by atoms with E-state index in [2.05, 4.69) is 16.7 Å². The number of hydrogen-bond donors (Lipinski definition) is 1. The maximum Gasteiger partial charge on any atom is 0.121 e. The third-order valence-electron chi connectivity index (χ3n) is 4.43. The summed E-state index contributed by atoms with van der Waals surface area (Å²) in [6.07, 6.45) is 3.65. The zero-order valence-electron chi connectivity index (χ0n) is 14.0. The molecule has 2 aromatic carbocycles. The Bertz CT molecular complexity index is 721. The number of likely N-dealkylation sites (tertiary alicyclic amines) is 1. The summed E-state index contributed by atoms with van der Waals surface area (Å²) >= 11 is 0. The minimum Gasteiger partial charge on any atom is -0.508 e. The van der Waals surface area contributed by atoms with E-state index < -0.39 is 0 Å². The Morgan fingerprint density at radius 1 is 1.00 bits per heavy atom. The van der Waals surface area contributed by atoms with Gasteiger partial charge in [0.25, 0.3) is 0 Å². The lowest BCUT2D eigenvalue weighted by Crippen LogP contribution is -2.33. The first-order valence-electron chi connectivity index (χ1n) is 8.45. The Balaban J connectivity index is 1.90. The average Bonchev–Trinajstić information content (AvgIpc) is 2.65. The van der Waals surface area contributed by atoms with Crippen molar-refractivity contribution in [2.75, 3.05) is 20.2 Å². The lowest BCUT2D eigenvalue weighted by atomic mass is 10.0. The molecule has 0 bridgehead atoms. The number of aromatic hydroxyl groups is 1. The van der Waals surface area contributed by atoms with E-state index in [9.17, 15) is 5.11 Å². The van der Waals surface area contributed by atoms with Gasteiger partial charge >= 0.3 is 0 Å². The third kappa shape index (κ3) is 3.90. The fraction of sp³-hybridized carbons (Fsp3) is 0.333. The summed E-state index contributed by atoms with van der Waals surface area (Å²) in [4.78, 5) is 2.37. The van der Waals surface area contributed by atoms with Crippen molar-refractivity contribution in [3.8, 4) is 23.3 Å². The van der Waals surface area contributed by atoms with Crippen LogP contribution in [-0.4, -0.2) is 30.2 Å². The van der Waals surface area contributed by atoms with Crippen molar-refractivity contribution in [3.05, 3.63) is 59.7 Å². The summed E-state index contributed by atoms with van der Waals surface area (Å²) in [6.45, 7) is 2.05. The molecule has 24 heavy (non-hydrogen) atoms. The highest BCUT2D eigenvalue weighted by atomic mass is 16.5. The number of hydrogen-bond acceptors (Lipinski definition) is 3. The van der Waals surface area contributed by atoms with E-state index in [1.807, 2.05) is 42.5 Å². The molecule has 1 atom stereocenters. The molecule has 1 unspecified atom stereocenters. The predicted octanol–water partition coefficient (Wildman–Crippen LogP) is 3.98. The first kappa shape index (κ1) is 16.4. The van der Waals surface area contributed by atoms with E-state index in [1.54, 1.807) is 13.2 Å². The van der Waals surface area contributed by atoms with E-state index in [1.165, 1.54) is 19.3 Å². The molecule has 3 heteroatoms. The second kappa shape index (κ2) is 7.90. The zero-order chi connectivity index (χ0) is 16.8. The molecule has 3 rings (SSSR count). The molecule has 1 fully saturated rings. The normalized spacial score (nSPS) is 16.0.